The molecule has 1 atom stereocenters. The molecular formula is C9H24N2Si. The summed E-state index contributed by atoms with van der Waals surface area (Å²) in [5.41, 5.74) is 0. The first kappa shape index (κ1) is 12.1. The fraction of sp³-hybridized carbons (Fsp3) is 1.00. The van der Waals surface area contributed by atoms with Gasteiger partial charge in [0, 0.05) is 0 Å². The van der Waals surface area contributed by atoms with E-state index < -0.39 is 8.40 Å². The van der Waals surface area contributed by atoms with Crippen molar-refractivity contribution in [1.82, 2.24) is 9.96 Å². The van der Waals surface area contributed by atoms with E-state index in [2.05, 4.69) is 51.6 Å². The van der Waals surface area contributed by atoms with Gasteiger partial charge < -0.3 is 9.96 Å². The summed E-state index contributed by atoms with van der Waals surface area (Å²) in [7, 11) is 0.642. The van der Waals surface area contributed by atoms with Gasteiger partial charge in [-0.05, 0) is 24.7 Å². The monoisotopic (exact) mass is 188 g/mol. The molecule has 0 aliphatic rings. The normalized spacial score (nSPS) is 17.5. The molecule has 0 rings (SSSR count). The molecule has 0 heterocycles. The maximum Gasteiger partial charge on any atom is 0.206 e. The van der Waals surface area contributed by atoms with E-state index >= 15 is 0 Å². The fourth-order valence-electron chi connectivity index (χ4n) is 1.86. The van der Waals surface area contributed by atoms with E-state index in [9.17, 15) is 0 Å². The average Bonchev–Trinajstić information content (AvgIpc) is 1.98. The Morgan fingerprint density at radius 3 is 1.75 bits per heavy atom. The van der Waals surface area contributed by atoms with Crippen molar-refractivity contribution in [3.8, 4) is 0 Å². The standard InChI is InChI=1S/C9H24N2Si/c1-7-11-12(8-2,10-6)9(3,4)5/h10-11H,7-8H2,1-6H3. The minimum atomic E-state index is -1.45. The second kappa shape index (κ2) is 4.39. The third-order valence-electron chi connectivity index (χ3n) is 2.72. The van der Waals surface area contributed by atoms with Crippen molar-refractivity contribution in [2.24, 2.45) is 0 Å². The first-order valence-corrected chi connectivity index (χ1v) is 7.08. The molecule has 0 spiro atoms. The van der Waals surface area contributed by atoms with Crippen molar-refractivity contribution in [2.45, 2.75) is 45.7 Å². The van der Waals surface area contributed by atoms with Gasteiger partial charge in [-0.15, -0.1) is 0 Å². The first-order chi connectivity index (χ1) is 5.43. The minimum Gasteiger partial charge on any atom is -0.328 e. The molecule has 0 aromatic heterocycles. The smallest absolute Gasteiger partial charge is 0.206 e. The van der Waals surface area contributed by atoms with Crippen molar-refractivity contribution < 1.29 is 0 Å². The Bertz CT molecular complexity index is 125. The van der Waals surface area contributed by atoms with Crippen LogP contribution in [0.1, 0.15) is 34.6 Å². The largest absolute Gasteiger partial charge is 0.328 e. The molecule has 0 saturated carbocycles. The molecule has 2 nitrogen and oxygen atoms in total. The van der Waals surface area contributed by atoms with Gasteiger partial charge in [-0.25, -0.2) is 0 Å². The highest BCUT2D eigenvalue weighted by atomic mass is 28.3. The van der Waals surface area contributed by atoms with E-state index in [0.29, 0.717) is 5.04 Å². The first-order valence-electron chi connectivity index (χ1n) is 4.87. The van der Waals surface area contributed by atoms with Crippen LogP contribution in [0.2, 0.25) is 11.1 Å². The molecule has 0 aliphatic carbocycles. The molecule has 12 heavy (non-hydrogen) atoms. The second-order valence-corrected chi connectivity index (χ2v) is 9.16. The summed E-state index contributed by atoms with van der Waals surface area (Å²) in [4.78, 5) is 7.20. The molecule has 1 unspecified atom stereocenters. The number of hydrogen-bond acceptors (Lipinski definition) is 2. The highest BCUT2D eigenvalue weighted by molar-refractivity contribution is 6.77. The molecule has 0 aliphatic heterocycles. The quantitative estimate of drug-likeness (QED) is 0.660. The number of rotatable bonds is 4. The van der Waals surface area contributed by atoms with Gasteiger partial charge in [-0.2, -0.15) is 0 Å². The van der Waals surface area contributed by atoms with Gasteiger partial charge in [0.25, 0.3) is 0 Å². The topological polar surface area (TPSA) is 24.1 Å². The van der Waals surface area contributed by atoms with Crippen LogP contribution in [-0.4, -0.2) is 22.0 Å². The average molecular weight is 188 g/mol. The Morgan fingerprint density at radius 2 is 1.67 bits per heavy atom. The Morgan fingerprint density at radius 1 is 1.17 bits per heavy atom. The predicted molar refractivity (Wildman–Crippen MR) is 58.7 cm³/mol. The molecular weight excluding hydrogens is 164 g/mol. The zero-order valence-corrected chi connectivity index (χ0v) is 10.4. The summed E-state index contributed by atoms with van der Waals surface area (Å²) in [5.74, 6) is 0. The van der Waals surface area contributed by atoms with Crippen LogP contribution in [0.5, 0.6) is 0 Å². The van der Waals surface area contributed by atoms with Crippen LogP contribution in [0.15, 0.2) is 0 Å². The molecule has 0 amide bonds. The summed E-state index contributed by atoms with van der Waals surface area (Å²) >= 11 is 0. The van der Waals surface area contributed by atoms with E-state index in [1.165, 1.54) is 6.04 Å². The van der Waals surface area contributed by atoms with Gasteiger partial charge in [0.15, 0.2) is 0 Å². The Hall–Kier alpha value is 0.137. The third kappa shape index (κ3) is 2.31. The summed E-state index contributed by atoms with van der Waals surface area (Å²) in [6, 6.07) is 1.24. The zero-order chi connectivity index (χ0) is 9.83. The van der Waals surface area contributed by atoms with E-state index in [0.717, 1.165) is 6.54 Å². The summed E-state index contributed by atoms with van der Waals surface area (Å²) in [6.07, 6.45) is 0. The van der Waals surface area contributed by atoms with Crippen molar-refractivity contribution in [3.05, 3.63) is 0 Å². The van der Waals surface area contributed by atoms with Crippen LogP contribution in [0.3, 0.4) is 0 Å². The van der Waals surface area contributed by atoms with Crippen LogP contribution < -0.4 is 9.96 Å². The van der Waals surface area contributed by atoms with Gasteiger partial charge in [0.1, 0.15) is 0 Å². The molecule has 0 bridgehead atoms. The molecule has 0 fully saturated rings. The lowest BCUT2D eigenvalue weighted by Crippen LogP contribution is -2.66. The Labute approximate surface area is 78.3 Å². The molecule has 2 N–H and O–H groups in total. The Kier molecular flexibility index (Phi) is 4.44. The van der Waals surface area contributed by atoms with E-state index in [4.69, 9.17) is 0 Å². The summed E-state index contributed by atoms with van der Waals surface area (Å²) in [5, 5.41) is 0.381. The minimum absolute atomic E-state index is 0.381. The SMILES string of the molecule is CCN[Si](CC)(NC)C(C)(C)C. The fourth-order valence-corrected chi connectivity index (χ4v) is 5.59. The van der Waals surface area contributed by atoms with Crippen LogP contribution in [-0.2, 0) is 0 Å². The molecule has 0 aromatic carbocycles. The van der Waals surface area contributed by atoms with Gasteiger partial charge in [0.2, 0.25) is 8.40 Å². The van der Waals surface area contributed by atoms with Crippen LogP contribution in [0.4, 0.5) is 0 Å². The lowest BCUT2D eigenvalue weighted by molar-refractivity contribution is 0.651. The van der Waals surface area contributed by atoms with Crippen LogP contribution in [0.25, 0.3) is 0 Å². The Balaban J connectivity index is 4.57. The predicted octanol–water partition coefficient (Wildman–Crippen LogP) is 2.08. The maximum absolute atomic E-state index is 3.66. The van der Waals surface area contributed by atoms with Gasteiger partial charge >= 0.3 is 0 Å². The number of hydrogen-bond donors (Lipinski definition) is 2. The van der Waals surface area contributed by atoms with Crippen molar-refractivity contribution in [3.63, 3.8) is 0 Å². The van der Waals surface area contributed by atoms with Crippen LogP contribution >= 0.6 is 0 Å². The van der Waals surface area contributed by atoms with E-state index in [1.54, 1.807) is 0 Å². The van der Waals surface area contributed by atoms with E-state index in [-0.39, 0.29) is 0 Å². The maximum atomic E-state index is 3.66. The van der Waals surface area contributed by atoms with Crippen molar-refractivity contribution in [1.29, 1.82) is 0 Å². The van der Waals surface area contributed by atoms with E-state index in [1.807, 2.05) is 0 Å². The molecule has 0 aromatic rings. The summed E-state index contributed by atoms with van der Waals surface area (Å²) in [6.45, 7) is 12.5. The molecule has 74 valence electrons. The van der Waals surface area contributed by atoms with Crippen molar-refractivity contribution >= 4 is 8.40 Å². The summed E-state index contributed by atoms with van der Waals surface area (Å²) < 4.78 is 0. The lowest BCUT2D eigenvalue weighted by Gasteiger charge is -2.42. The highest BCUT2D eigenvalue weighted by Crippen LogP contribution is 2.34. The molecule has 0 radical (unpaired) electrons. The molecule has 3 heteroatoms. The van der Waals surface area contributed by atoms with Crippen LogP contribution in [0, 0.1) is 0 Å². The second-order valence-electron chi connectivity index (χ2n) is 4.29. The number of nitrogens with one attached hydrogen (secondary N) is 2. The van der Waals surface area contributed by atoms with Gasteiger partial charge in [0.05, 0.1) is 0 Å². The highest BCUT2D eigenvalue weighted by Gasteiger charge is 2.41. The van der Waals surface area contributed by atoms with Gasteiger partial charge in [-0.3, -0.25) is 0 Å². The zero-order valence-electron chi connectivity index (χ0n) is 9.41. The molecule has 0 saturated heterocycles. The van der Waals surface area contributed by atoms with Gasteiger partial charge in [-0.1, -0.05) is 34.6 Å². The third-order valence-corrected chi connectivity index (χ3v) is 8.15. The lowest BCUT2D eigenvalue weighted by atomic mass is 10.2. The van der Waals surface area contributed by atoms with Crippen molar-refractivity contribution in [2.75, 3.05) is 13.6 Å².